The van der Waals surface area contributed by atoms with E-state index in [0.29, 0.717) is 12.5 Å². The van der Waals surface area contributed by atoms with E-state index in [1.165, 1.54) is 11.1 Å². The lowest BCUT2D eigenvalue weighted by Gasteiger charge is -2.14. The van der Waals surface area contributed by atoms with Crippen LogP contribution in [-0.4, -0.2) is 17.1 Å². The fourth-order valence-electron chi connectivity index (χ4n) is 2.77. The van der Waals surface area contributed by atoms with Crippen molar-refractivity contribution >= 4 is 17.5 Å². The Morgan fingerprint density at radius 2 is 1.85 bits per heavy atom. The maximum Gasteiger partial charge on any atom is 0.224 e. The maximum atomic E-state index is 5.18. The highest BCUT2D eigenvalue weighted by Gasteiger charge is 2.06. The van der Waals surface area contributed by atoms with Crippen molar-refractivity contribution in [1.29, 1.82) is 0 Å². The minimum Gasteiger partial charge on any atom is -0.497 e. The summed E-state index contributed by atoms with van der Waals surface area (Å²) in [7, 11) is 1.66. The fourth-order valence-corrected chi connectivity index (χ4v) is 2.77. The summed E-state index contributed by atoms with van der Waals surface area (Å²) >= 11 is 0. The highest BCUT2D eigenvalue weighted by Crippen LogP contribution is 2.24. The second-order valence-corrected chi connectivity index (χ2v) is 6.05. The van der Waals surface area contributed by atoms with Crippen molar-refractivity contribution in [2.75, 3.05) is 17.7 Å². The van der Waals surface area contributed by atoms with Crippen molar-refractivity contribution in [3.63, 3.8) is 0 Å². The van der Waals surface area contributed by atoms with Gasteiger partial charge < -0.3 is 15.4 Å². The van der Waals surface area contributed by atoms with Gasteiger partial charge in [-0.15, -0.1) is 0 Å². The fraction of sp³-hybridized carbons (Fsp3) is 0.238. The van der Waals surface area contributed by atoms with Gasteiger partial charge in [0.1, 0.15) is 11.6 Å². The molecule has 134 valence electrons. The summed E-state index contributed by atoms with van der Waals surface area (Å²) in [5.74, 6) is 2.22. The van der Waals surface area contributed by atoms with Crippen LogP contribution in [0.4, 0.5) is 17.5 Å². The van der Waals surface area contributed by atoms with Crippen molar-refractivity contribution in [2.45, 2.75) is 26.8 Å². The summed E-state index contributed by atoms with van der Waals surface area (Å²) in [6, 6.07) is 16.1. The minimum atomic E-state index is 0.595. The van der Waals surface area contributed by atoms with E-state index in [2.05, 4.69) is 52.6 Å². The summed E-state index contributed by atoms with van der Waals surface area (Å²) in [6.07, 6.45) is 2.73. The standard InChI is InChI=1S/C21H24N4O/c1-4-17-7-5-6-15(2)20(17)24-19-12-13-22-21(25-19)23-14-16-8-10-18(26-3)11-9-16/h5-13H,4,14H2,1-3H3,(H2,22,23,24,25). The first kappa shape index (κ1) is 17.7. The smallest absolute Gasteiger partial charge is 0.224 e. The van der Waals surface area contributed by atoms with Gasteiger partial charge in [-0.3, -0.25) is 0 Å². The SMILES string of the molecule is CCc1cccc(C)c1Nc1ccnc(NCc2ccc(OC)cc2)n1. The number of rotatable bonds is 7. The molecular formula is C21H24N4O. The van der Waals surface area contributed by atoms with Gasteiger partial charge in [0.15, 0.2) is 0 Å². The summed E-state index contributed by atoms with van der Waals surface area (Å²) in [5.41, 5.74) is 4.74. The number of nitrogens with one attached hydrogen (secondary N) is 2. The van der Waals surface area contributed by atoms with E-state index in [1.54, 1.807) is 13.3 Å². The molecule has 3 rings (SSSR count). The highest BCUT2D eigenvalue weighted by atomic mass is 16.5. The normalized spacial score (nSPS) is 10.4. The molecule has 1 heterocycles. The van der Waals surface area contributed by atoms with Crippen molar-refractivity contribution < 1.29 is 4.74 Å². The van der Waals surface area contributed by atoms with Gasteiger partial charge in [0.05, 0.1) is 7.11 Å². The Morgan fingerprint density at radius 3 is 2.58 bits per heavy atom. The molecule has 5 nitrogen and oxygen atoms in total. The zero-order chi connectivity index (χ0) is 18.4. The molecule has 0 amide bonds. The number of hydrogen-bond acceptors (Lipinski definition) is 5. The third kappa shape index (κ3) is 4.30. The number of benzene rings is 2. The molecule has 0 radical (unpaired) electrons. The van der Waals surface area contributed by atoms with Crippen LogP contribution in [0.5, 0.6) is 5.75 Å². The molecule has 5 heteroatoms. The third-order valence-electron chi connectivity index (χ3n) is 4.26. The summed E-state index contributed by atoms with van der Waals surface area (Å²) in [6.45, 7) is 4.91. The van der Waals surface area contributed by atoms with Gasteiger partial charge in [-0.1, -0.05) is 37.3 Å². The van der Waals surface area contributed by atoms with Crippen LogP contribution in [-0.2, 0) is 13.0 Å². The summed E-state index contributed by atoms with van der Waals surface area (Å²) in [4.78, 5) is 8.88. The van der Waals surface area contributed by atoms with Crippen LogP contribution in [0.3, 0.4) is 0 Å². The molecule has 0 fully saturated rings. The number of hydrogen-bond donors (Lipinski definition) is 2. The second kappa shape index (κ2) is 8.34. The van der Waals surface area contributed by atoms with E-state index < -0.39 is 0 Å². The summed E-state index contributed by atoms with van der Waals surface area (Å²) < 4.78 is 5.18. The van der Waals surface area contributed by atoms with Crippen LogP contribution in [0.1, 0.15) is 23.6 Å². The van der Waals surface area contributed by atoms with Gasteiger partial charge in [0, 0.05) is 18.4 Å². The molecule has 0 saturated carbocycles. The predicted octanol–water partition coefficient (Wildman–Crippen LogP) is 4.71. The zero-order valence-electron chi connectivity index (χ0n) is 15.4. The zero-order valence-corrected chi connectivity index (χ0v) is 15.4. The molecule has 0 aliphatic rings. The quantitative estimate of drug-likeness (QED) is 0.647. The largest absolute Gasteiger partial charge is 0.497 e. The van der Waals surface area contributed by atoms with Gasteiger partial charge in [-0.05, 0) is 48.2 Å². The van der Waals surface area contributed by atoms with Gasteiger partial charge in [-0.25, -0.2) is 4.98 Å². The van der Waals surface area contributed by atoms with E-state index in [9.17, 15) is 0 Å². The monoisotopic (exact) mass is 348 g/mol. The summed E-state index contributed by atoms with van der Waals surface area (Å²) in [5, 5.41) is 6.70. The Morgan fingerprint density at radius 1 is 1.04 bits per heavy atom. The topological polar surface area (TPSA) is 59.1 Å². The Hall–Kier alpha value is -3.08. The Kier molecular flexibility index (Phi) is 5.69. The third-order valence-corrected chi connectivity index (χ3v) is 4.26. The van der Waals surface area contributed by atoms with Crippen LogP contribution in [0, 0.1) is 6.92 Å². The van der Waals surface area contributed by atoms with Crippen LogP contribution < -0.4 is 15.4 Å². The van der Waals surface area contributed by atoms with Crippen molar-refractivity contribution in [1.82, 2.24) is 9.97 Å². The van der Waals surface area contributed by atoms with Gasteiger partial charge in [0.25, 0.3) is 0 Å². The van der Waals surface area contributed by atoms with Crippen molar-refractivity contribution in [3.05, 3.63) is 71.4 Å². The Bertz CT molecular complexity index is 862. The molecule has 0 bridgehead atoms. The first-order chi connectivity index (χ1) is 12.7. The lowest BCUT2D eigenvalue weighted by molar-refractivity contribution is 0.414. The molecular weight excluding hydrogens is 324 g/mol. The molecule has 2 aromatic carbocycles. The number of ether oxygens (including phenoxy) is 1. The molecule has 0 saturated heterocycles. The molecule has 26 heavy (non-hydrogen) atoms. The molecule has 1 aromatic heterocycles. The number of aromatic nitrogens is 2. The first-order valence-corrected chi connectivity index (χ1v) is 8.75. The van der Waals surface area contributed by atoms with E-state index in [4.69, 9.17) is 4.74 Å². The van der Waals surface area contributed by atoms with Gasteiger partial charge >= 0.3 is 0 Å². The lowest BCUT2D eigenvalue weighted by atomic mass is 10.1. The minimum absolute atomic E-state index is 0.595. The molecule has 0 aliphatic heterocycles. The molecule has 0 spiro atoms. The molecule has 0 aliphatic carbocycles. The highest BCUT2D eigenvalue weighted by molar-refractivity contribution is 5.65. The molecule has 3 aromatic rings. The second-order valence-electron chi connectivity index (χ2n) is 6.05. The van der Waals surface area contributed by atoms with E-state index >= 15 is 0 Å². The number of nitrogens with zero attached hydrogens (tertiary/aromatic N) is 2. The van der Waals surface area contributed by atoms with Crippen LogP contribution in [0.2, 0.25) is 0 Å². The number of para-hydroxylation sites is 1. The Labute approximate surface area is 154 Å². The van der Waals surface area contributed by atoms with Crippen molar-refractivity contribution in [2.24, 2.45) is 0 Å². The van der Waals surface area contributed by atoms with Gasteiger partial charge in [-0.2, -0.15) is 4.98 Å². The number of anilines is 3. The first-order valence-electron chi connectivity index (χ1n) is 8.75. The number of methoxy groups -OCH3 is 1. The molecule has 0 unspecified atom stereocenters. The average molecular weight is 348 g/mol. The maximum absolute atomic E-state index is 5.18. The predicted molar refractivity (Wildman–Crippen MR) is 106 cm³/mol. The van der Waals surface area contributed by atoms with Crippen LogP contribution in [0.25, 0.3) is 0 Å². The van der Waals surface area contributed by atoms with Crippen LogP contribution in [0.15, 0.2) is 54.7 Å². The van der Waals surface area contributed by atoms with Gasteiger partial charge in [0.2, 0.25) is 5.95 Å². The Balaban J connectivity index is 1.70. The molecule has 2 N–H and O–H groups in total. The number of aryl methyl sites for hydroxylation is 2. The van der Waals surface area contributed by atoms with Crippen LogP contribution >= 0.6 is 0 Å². The van der Waals surface area contributed by atoms with E-state index in [0.717, 1.165) is 29.2 Å². The average Bonchev–Trinajstić information content (AvgIpc) is 2.68. The van der Waals surface area contributed by atoms with Crippen molar-refractivity contribution in [3.8, 4) is 5.75 Å². The van der Waals surface area contributed by atoms with E-state index in [1.807, 2.05) is 30.3 Å². The van der Waals surface area contributed by atoms with E-state index in [-0.39, 0.29) is 0 Å². The lowest BCUT2D eigenvalue weighted by Crippen LogP contribution is -2.06. The molecule has 0 atom stereocenters.